The molecule has 1 saturated heterocycles. The number of rotatable bonds is 6. The van der Waals surface area contributed by atoms with Crippen LogP contribution in [0.25, 0.3) is 4.96 Å². The summed E-state index contributed by atoms with van der Waals surface area (Å²) < 4.78 is 2.05. The summed E-state index contributed by atoms with van der Waals surface area (Å²) in [7, 11) is 0. The minimum atomic E-state index is 0.0793. The number of aromatic nitrogens is 2. The van der Waals surface area contributed by atoms with Crippen LogP contribution in [-0.4, -0.2) is 39.3 Å². The van der Waals surface area contributed by atoms with Crippen molar-refractivity contribution < 1.29 is 4.79 Å². The van der Waals surface area contributed by atoms with Gasteiger partial charge < -0.3 is 10.2 Å². The van der Waals surface area contributed by atoms with Crippen LogP contribution < -0.4 is 5.32 Å². The Balaban J connectivity index is 1.52. The number of hydrogen-bond acceptors (Lipinski definition) is 5. The summed E-state index contributed by atoms with van der Waals surface area (Å²) in [5.41, 5.74) is 2.95. The second kappa shape index (κ2) is 7.27. The SMILES string of the molecule is C[C@H](Cc1ccsc1)NCc1c(C(=O)N2CCCC2)nc2sccn12. The van der Waals surface area contributed by atoms with E-state index in [0.717, 1.165) is 43.0 Å². The van der Waals surface area contributed by atoms with Crippen molar-refractivity contribution in [3.05, 3.63) is 45.4 Å². The number of carbonyl (C=O) groups is 1. The van der Waals surface area contributed by atoms with Crippen molar-refractivity contribution in [2.75, 3.05) is 13.1 Å². The van der Waals surface area contributed by atoms with Crippen LogP contribution in [0.15, 0.2) is 28.4 Å². The number of thiophene rings is 1. The first-order chi connectivity index (χ1) is 12.2. The molecule has 1 fully saturated rings. The number of imidazole rings is 1. The van der Waals surface area contributed by atoms with Crippen LogP contribution in [0.1, 0.15) is 41.5 Å². The molecule has 0 saturated carbocycles. The zero-order valence-electron chi connectivity index (χ0n) is 14.3. The Morgan fingerprint density at radius 2 is 2.20 bits per heavy atom. The number of nitrogens with one attached hydrogen (secondary N) is 1. The fourth-order valence-electron chi connectivity index (χ4n) is 3.35. The highest BCUT2D eigenvalue weighted by Gasteiger charge is 2.26. The molecule has 1 aliphatic heterocycles. The molecule has 0 bridgehead atoms. The van der Waals surface area contributed by atoms with Gasteiger partial charge in [-0.1, -0.05) is 0 Å². The molecule has 7 heteroatoms. The second-order valence-corrected chi connectivity index (χ2v) is 8.23. The number of amides is 1. The van der Waals surface area contributed by atoms with Crippen molar-refractivity contribution in [1.82, 2.24) is 19.6 Å². The molecule has 1 N–H and O–H groups in total. The zero-order valence-corrected chi connectivity index (χ0v) is 15.9. The van der Waals surface area contributed by atoms with Gasteiger partial charge in [-0.15, -0.1) is 11.3 Å². The number of carbonyl (C=O) groups excluding carboxylic acids is 1. The Labute approximate surface area is 155 Å². The van der Waals surface area contributed by atoms with Crippen molar-refractivity contribution in [3.8, 4) is 0 Å². The first-order valence-corrected chi connectivity index (χ1v) is 10.5. The second-order valence-electron chi connectivity index (χ2n) is 6.58. The van der Waals surface area contributed by atoms with Crippen molar-refractivity contribution in [2.45, 2.75) is 38.8 Å². The van der Waals surface area contributed by atoms with E-state index >= 15 is 0 Å². The number of fused-ring (bicyclic) bond motifs is 1. The molecule has 1 atom stereocenters. The van der Waals surface area contributed by atoms with Crippen LogP contribution in [-0.2, 0) is 13.0 Å². The Morgan fingerprint density at radius 1 is 1.36 bits per heavy atom. The molecule has 1 aliphatic rings. The number of thiazole rings is 1. The summed E-state index contributed by atoms with van der Waals surface area (Å²) in [6, 6.07) is 2.51. The van der Waals surface area contributed by atoms with E-state index in [9.17, 15) is 4.79 Å². The lowest BCUT2D eigenvalue weighted by Crippen LogP contribution is -2.31. The summed E-state index contributed by atoms with van der Waals surface area (Å²) in [6.45, 7) is 4.54. The highest BCUT2D eigenvalue weighted by atomic mass is 32.1. The molecule has 0 aromatic carbocycles. The molecule has 0 radical (unpaired) electrons. The minimum Gasteiger partial charge on any atom is -0.337 e. The minimum absolute atomic E-state index is 0.0793. The Hall–Kier alpha value is -1.70. The molecular weight excluding hydrogens is 352 g/mol. The van der Waals surface area contributed by atoms with Gasteiger partial charge in [0.1, 0.15) is 0 Å². The molecule has 4 rings (SSSR count). The maximum Gasteiger partial charge on any atom is 0.274 e. The monoisotopic (exact) mass is 374 g/mol. The zero-order chi connectivity index (χ0) is 17.2. The van der Waals surface area contributed by atoms with E-state index in [0.29, 0.717) is 18.3 Å². The van der Waals surface area contributed by atoms with Crippen LogP contribution in [0.5, 0.6) is 0 Å². The largest absolute Gasteiger partial charge is 0.337 e. The molecule has 132 valence electrons. The molecule has 25 heavy (non-hydrogen) atoms. The van der Waals surface area contributed by atoms with E-state index < -0.39 is 0 Å². The molecule has 4 heterocycles. The van der Waals surface area contributed by atoms with E-state index in [1.54, 1.807) is 22.7 Å². The molecular formula is C18H22N4OS2. The van der Waals surface area contributed by atoms with Gasteiger partial charge in [0.15, 0.2) is 10.7 Å². The Bertz CT molecular complexity index is 846. The van der Waals surface area contributed by atoms with Crippen molar-refractivity contribution in [3.63, 3.8) is 0 Å². The van der Waals surface area contributed by atoms with Gasteiger partial charge in [0.2, 0.25) is 0 Å². The lowest BCUT2D eigenvalue weighted by atomic mass is 10.1. The van der Waals surface area contributed by atoms with Gasteiger partial charge in [-0.2, -0.15) is 11.3 Å². The lowest BCUT2D eigenvalue weighted by Gasteiger charge is -2.16. The standard InChI is InChI=1S/C18H22N4OS2/c1-13(10-14-4-8-24-12-14)19-11-15-16(17(23)21-5-2-3-6-21)20-18-22(15)7-9-25-18/h4,7-9,12-13,19H,2-3,5-6,10-11H2,1H3/t13-/m1/s1. The Morgan fingerprint density at radius 3 is 2.96 bits per heavy atom. The highest BCUT2D eigenvalue weighted by molar-refractivity contribution is 7.15. The van der Waals surface area contributed by atoms with Crippen LogP contribution >= 0.6 is 22.7 Å². The summed E-state index contributed by atoms with van der Waals surface area (Å²) in [4.78, 5) is 20.3. The molecule has 0 spiro atoms. The average molecular weight is 375 g/mol. The quantitative estimate of drug-likeness (QED) is 0.719. The maximum atomic E-state index is 12.9. The molecule has 3 aromatic rings. The molecule has 0 aliphatic carbocycles. The van der Waals surface area contributed by atoms with Crippen LogP contribution in [0.2, 0.25) is 0 Å². The van der Waals surface area contributed by atoms with E-state index in [4.69, 9.17) is 0 Å². The highest BCUT2D eigenvalue weighted by Crippen LogP contribution is 2.21. The van der Waals surface area contributed by atoms with E-state index in [-0.39, 0.29) is 5.91 Å². The van der Waals surface area contributed by atoms with Gasteiger partial charge in [0.25, 0.3) is 5.91 Å². The third-order valence-corrected chi connectivity index (χ3v) is 6.19. The third-order valence-electron chi connectivity index (χ3n) is 4.70. The average Bonchev–Trinajstić information content (AvgIpc) is 3.35. The van der Waals surface area contributed by atoms with Crippen LogP contribution in [0.4, 0.5) is 0 Å². The fourth-order valence-corrected chi connectivity index (χ4v) is 4.76. The summed E-state index contributed by atoms with van der Waals surface area (Å²) in [5, 5.41) is 9.89. The van der Waals surface area contributed by atoms with E-state index in [1.807, 2.05) is 16.5 Å². The van der Waals surface area contributed by atoms with Crippen molar-refractivity contribution in [2.24, 2.45) is 0 Å². The van der Waals surface area contributed by atoms with Gasteiger partial charge in [0, 0.05) is 37.3 Å². The van der Waals surface area contributed by atoms with Gasteiger partial charge in [0.05, 0.1) is 5.69 Å². The van der Waals surface area contributed by atoms with Gasteiger partial charge in [-0.3, -0.25) is 9.20 Å². The summed E-state index contributed by atoms with van der Waals surface area (Å²) >= 11 is 3.31. The van der Waals surface area contributed by atoms with Crippen molar-refractivity contribution in [1.29, 1.82) is 0 Å². The molecule has 3 aromatic heterocycles. The Kier molecular flexibility index (Phi) is 4.87. The van der Waals surface area contributed by atoms with Crippen LogP contribution in [0.3, 0.4) is 0 Å². The van der Waals surface area contributed by atoms with Gasteiger partial charge in [-0.25, -0.2) is 4.98 Å². The molecule has 1 amide bonds. The topological polar surface area (TPSA) is 49.6 Å². The summed E-state index contributed by atoms with van der Waals surface area (Å²) in [6.07, 6.45) is 5.19. The first kappa shape index (κ1) is 16.8. The number of nitrogens with zero attached hydrogens (tertiary/aromatic N) is 3. The number of likely N-dealkylation sites (tertiary alicyclic amines) is 1. The van der Waals surface area contributed by atoms with Gasteiger partial charge in [-0.05, 0) is 48.6 Å². The smallest absolute Gasteiger partial charge is 0.274 e. The fraction of sp³-hybridized carbons (Fsp3) is 0.444. The lowest BCUT2D eigenvalue weighted by molar-refractivity contribution is 0.0786. The van der Waals surface area contributed by atoms with Gasteiger partial charge >= 0.3 is 0 Å². The van der Waals surface area contributed by atoms with Crippen LogP contribution in [0, 0.1) is 0 Å². The van der Waals surface area contributed by atoms with E-state index in [1.165, 1.54) is 5.56 Å². The molecule has 0 unspecified atom stereocenters. The van der Waals surface area contributed by atoms with Crippen molar-refractivity contribution >= 4 is 33.5 Å². The third kappa shape index (κ3) is 3.49. The molecule has 5 nitrogen and oxygen atoms in total. The predicted molar refractivity (Wildman–Crippen MR) is 103 cm³/mol. The van der Waals surface area contributed by atoms with E-state index in [2.05, 4.69) is 38.5 Å². The summed E-state index contributed by atoms with van der Waals surface area (Å²) in [5.74, 6) is 0.0793. The maximum absolute atomic E-state index is 12.9. The normalized spacial score (nSPS) is 16.0. The predicted octanol–water partition coefficient (Wildman–Crippen LogP) is 3.41. The number of hydrogen-bond donors (Lipinski definition) is 1. The first-order valence-electron chi connectivity index (χ1n) is 8.70.